The van der Waals surface area contributed by atoms with Crippen molar-refractivity contribution in [3.63, 3.8) is 0 Å². The molecule has 4 rings (SSSR count). The maximum Gasteiger partial charge on any atom is 0.277 e. The highest BCUT2D eigenvalue weighted by atomic mass is 35.5. The molecule has 0 aliphatic carbocycles. The zero-order valence-corrected chi connectivity index (χ0v) is 14.6. The highest BCUT2D eigenvalue weighted by Crippen LogP contribution is 2.25. The van der Waals surface area contributed by atoms with Crippen LogP contribution in [0.4, 0.5) is 0 Å². The van der Waals surface area contributed by atoms with E-state index < -0.39 is 0 Å². The maximum atomic E-state index is 12.6. The molecule has 2 heterocycles. The first kappa shape index (κ1) is 15.7. The first-order valence-corrected chi connectivity index (χ1v) is 8.30. The molecule has 0 radical (unpaired) electrons. The van der Waals surface area contributed by atoms with E-state index in [0.717, 1.165) is 22.0 Å². The Morgan fingerprint density at radius 1 is 1.12 bits per heavy atom. The highest BCUT2D eigenvalue weighted by molar-refractivity contribution is 6.30. The van der Waals surface area contributed by atoms with Gasteiger partial charge in [0.25, 0.3) is 5.56 Å². The molecule has 2 aromatic carbocycles. The second-order valence-electron chi connectivity index (χ2n) is 6.09. The van der Waals surface area contributed by atoms with Gasteiger partial charge in [-0.1, -0.05) is 41.1 Å². The van der Waals surface area contributed by atoms with Crippen LogP contribution in [0, 0.1) is 13.8 Å². The van der Waals surface area contributed by atoms with E-state index in [1.54, 1.807) is 12.1 Å². The minimum Gasteiger partial charge on any atom is -0.267 e. The molecule has 6 heteroatoms. The van der Waals surface area contributed by atoms with Crippen LogP contribution in [0.2, 0.25) is 5.15 Å². The van der Waals surface area contributed by atoms with Gasteiger partial charge in [0.2, 0.25) is 0 Å². The van der Waals surface area contributed by atoms with E-state index in [9.17, 15) is 4.79 Å². The molecule has 0 spiro atoms. The normalized spacial score (nSPS) is 11.3. The standard InChI is InChI=1S/C19H15ClN4O/c1-11-7-8-13-9-14(18(20)21-17(13)12(11)2)10-24-19(25)15-5-3-4-6-16(15)22-23-24/h3-9H,10H2,1-2H3. The Hall–Kier alpha value is -2.79. The van der Waals surface area contributed by atoms with E-state index in [4.69, 9.17) is 11.6 Å². The predicted molar refractivity (Wildman–Crippen MR) is 99.1 cm³/mol. The van der Waals surface area contributed by atoms with Crippen LogP contribution < -0.4 is 5.56 Å². The smallest absolute Gasteiger partial charge is 0.267 e. The molecule has 0 saturated carbocycles. The molecule has 0 atom stereocenters. The Labute approximate surface area is 148 Å². The third kappa shape index (κ3) is 2.66. The Balaban J connectivity index is 1.84. The van der Waals surface area contributed by atoms with Crippen molar-refractivity contribution in [2.45, 2.75) is 20.4 Å². The summed E-state index contributed by atoms with van der Waals surface area (Å²) in [6.07, 6.45) is 0. The Kier molecular flexibility index (Phi) is 3.73. The van der Waals surface area contributed by atoms with Crippen LogP contribution in [0.5, 0.6) is 0 Å². The molecule has 0 saturated heterocycles. The van der Waals surface area contributed by atoms with Crippen molar-refractivity contribution in [2.24, 2.45) is 0 Å². The van der Waals surface area contributed by atoms with Crippen molar-refractivity contribution in [3.05, 3.63) is 74.7 Å². The molecule has 0 unspecified atom stereocenters. The van der Waals surface area contributed by atoms with Crippen molar-refractivity contribution in [1.29, 1.82) is 0 Å². The predicted octanol–water partition coefficient (Wildman–Crippen LogP) is 3.66. The van der Waals surface area contributed by atoms with Gasteiger partial charge >= 0.3 is 0 Å². The third-order valence-corrected chi connectivity index (χ3v) is 4.81. The number of aryl methyl sites for hydroxylation is 2. The Morgan fingerprint density at radius 2 is 1.92 bits per heavy atom. The number of hydrogen-bond donors (Lipinski definition) is 0. The van der Waals surface area contributed by atoms with Crippen molar-refractivity contribution < 1.29 is 0 Å². The van der Waals surface area contributed by atoms with Crippen LogP contribution in [-0.4, -0.2) is 20.0 Å². The summed E-state index contributed by atoms with van der Waals surface area (Å²) in [5, 5.41) is 10.0. The van der Waals surface area contributed by atoms with Crippen LogP contribution in [-0.2, 0) is 6.54 Å². The van der Waals surface area contributed by atoms with Gasteiger partial charge in [0.15, 0.2) is 0 Å². The zero-order chi connectivity index (χ0) is 17.6. The van der Waals surface area contributed by atoms with Crippen molar-refractivity contribution in [1.82, 2.24) is 20.0 Å². The summed E-state index contributed by atoms with van der Waals surface area (Å²) in [5.41, 5.74) is 4.28. The monoisotopic (exact) mass is 350 g/mol. The van der Waals surface area contributed by atoms with Gasteiger partial charge in [0.1, 0.15) is 10.7 Å². The summed E-state index contributed by atoms with van der Waals surface area (Å²) in [4.78, 5) is 17.1. The molecule has 0 N–H and O–H groups in total. The molecular formula is C19H15ClN4O. The van der Waals surface area contributed by atoms with Crippen LogP contribution in [0.15, 0.2) is 47.3 Å². The molecular weight excluding hydrogens is 336 g/mol. The summed E-state index contributed by atoms with van der Waals surface area (Å²) in [5.74, 6) is 0. The van der Waals surface area contributed by atoms with Crippen LogP contribution in [0.1, 0.15) is 16.7 Å². The number of aromatic nitrogens is 4. The molecule has 0 amide bonds. The van der Waals surface area contributed by atoms with E-state index in [2.05, 4.69) is 21.4 Å². The van der Waals surface area contributed by atoms with E-state index in [-0.39, 0.29) is 12.1 Å². The topological polar surface area (TPSA) is 60.7 Å². The summed E-state index contributed by atoms with van der Waals surface area (Å²) in [7, 11) is 0. The largest absolute Gasteiger partial charge is 0.277 e. The molecule has 5 nitrogen and oxygen atoms in total. The van der Waals surface area contributed by atoms with E-state index in [1.807, 2.05) is 38.1 Å². The van der Waals surface area contributed by atoms with Gasteiger partial charge in [-0.2, -0.15) is 0 Å². The number of rotatable bonds is 2. The average Bonchev–Trinajstić information content (AvgIpc) is 2.62. The molecule has 0 bridgehead atoms. The van der Waals surface area contributed by atoms with E-state index in [1.165, 1.54) is 10.2 Å². The molecule has 124 valence electrons. The van der Waals surface area contributed by atoms with Gasteiger partial charge in [0, 0.05) is 10.9 Å². The van der Waals surface area contributed by atoms with Crippen molar-refractivity contribution in [3.8, 4) is 0 Å². The summed E-state index contributed by atoms with van der Waals surface area (Å²) in [6.45, 7) is 4.30. The van der Waals surface area contributed by atoms with Gasteiger partial charge in [-0.25, -0.2) is 9.67 Å². The molecule has 0 fully saturated rings. The minimum atomic E-state index is -0.193. The second-order valence-corrected chi connectivity index (χ2v) is 6.44. The second kappa shape index (κ2) is 5.93. The lowest BCUT2D eigenvalue weighted by Gasteiger charge is -2.10. The molecule has 4 aromatic rings. The average molecular weight is 351 g/mol. The number of benzene rings is 2. The van der Waals surface area contributed by atoms with E-state index in [0.29, 0.717) is 16.1 Å². The summed E-state index contributed by atoms with van der Waals surface area (Å²) in [6, 6.07) is 13.2. The van der Waals surface area contributed by atoms with Crippen LogP contribution in [0.25, 0.3) is 21.8 Å². The number of nitrogens with zero attached hydrogens (tertiary/aromatic N) is 4. The number of halogens is 1. The number of hydrogen-bond acceptors (Lipinski definition) is 4. The molecule has 0 aliphatic heterocycles. The number of pyridine rings is 1. The first-order chi connectivity index (χ1) is 12.0. The quantitative estimate of drug-likeness (QED) is 0.518. The SMILES string of the molecule is Cc1ccc2cc(Cn3nnc4ccccc4c3=O)c(Cl)nc2c1C. The van der Waals surface area contributed by atoms with Gasteiger partial charge in [-0.05, 0) is 43.2 Å². The third-order valence-electron chi connectivity index (χ3n) is 4.49. The lowest BCUT2D eigenvalue weighted by atomic mass is 10.0. The van der Waals surface area contributed by atoms with Crippen LogP contribution >= 0.6 is 11.6 Å². The highest BCUT2D eigenvalue weighted by Gasteiger charge is 2.11. The molecule has 0 aliphatic rings. The first-order valence-electron chi connectivity index (χ1n) is 7.92. The summed E-state index contributed by atoms with van der Waals surface area (Å²) < 4.78 is 1.32. The number of fused-ring (bicyclic) bond motifs is 2. The van der Waals surface area contributed by atoms with Crippen molar-refractivity contribution >= 4 is 33.4 Å². The lowest BCUT2D eigenvalue weighted by molar-refractivity contribution is 0.600. The minimum absolute atomic E-state index is 0.193. The zero-order valence-electron chi connectivity index (χ0n) is 13.8. The van der Waals surface area contributed by atoms with Crippen LogP contribution in [0.3, 0.4) is 0 Å². The molecule has 25 heavy (non-hydrogen) atoms. The fraction of sp³-hybridized carbons (Fsp3) is 0.158. The van der Waals surface area contributed by atoms with Gasteiger partial charge in [-0.15, -0.1) is 5.10 Å². The Morgan fingerprint density at radius 3 is 2.76 bits per heavy atom. The van der Waals surface area contributed by atoms with E-state index >= 15 is 0 Å². The fourth-order valence-corrected chi connectivity index (χ4v) is 3.10. The fourth-order valence-electron chi connectivity index (χ4n) is 2.90. The van der Waals surface area contributed by atoms with Crippen molar-refractivity contribution in [2.75, 3.05) is 0 Å². The van der Waals surface area contributed by atoms with Gasteiger partial charge in [0.05, 0.1) is 17.4 Å². The maximum absolute atomic E-state index is 12.6. The van der Waals surface area contributed by atoms with Gasteiger partial charge in [-0.3, -0.25) is 4.79 Å². The summed E-state index contributed by atoms with van der Waals surface area (Å²) >= 11 is 6.37. The lowest BCUT2D eigenvalue weighted by Crippen LogP contribution is -2.25. The molecule has 2 aromatic heterocycles. The van der Waals surface area contributed by atoms with Gasteiger partial charge < -0.3 is 0 Å². The Bertz CT molecular complexity index is 1180.